The number of nitrogens with zero attached hydrogens (tertiary/aromatic N) is 1. The first-order valence-electron chi connectivity index (χ1n) is 9.18. The zero-order chi connectivity index (χ0) is 20.1. The van der Waals surface area contributed by atoms with E-state index in [1.807, 2.05) is 32.0 Å². The van der Waals surface area contributed by atoms with Gasteiger partial charge in [-0.25, -0.2) is 13.8 Å². The van der Waals surface area contributed by atoms with E-state index in [0.29, 0.717) is 13.2 Å². The quantitative estimate of drug-likeness (QED) is 0.617. The maximum Gasteiger partial charge on any atom is 0.258 e. The number of anilines is 1. The summed E-state index contributed by atoms with van der Waals surface area (Å²) in [4.78, 5) is 16.9. The molecule has 0 unspecified atom stereocenters. The summed E-state index contributed by atoms with van der Waals surface area (Å²) in [5.41, 5.74) is 2.90. The van der Waals surface area contributed by atoms with Crippen molar-refractivity contribution in [1.82, 2.24) is 5.32 Å². The van der Waals surface area contributed by atoms with Gasteiger partial charge in [0.25, 0.3) is 5.91 Å². The van der Waals surface area contributed by atoms with Gasteiger partial charge in [0.1, 0.15) is 0 Å². The molecule has 5 nitrogen and oxygen atoms in total. The van der Waals surface area contributed by atoms with Crippen molar-refractivity contribution in [2.24, 2.45) is 4.99 Å². The molecule has 3 rings (SSSR count). The lowest BCUT2D eigenvalue weighted by Gasteiger charge is -2.14. The Bertz CT molecular complexity index is 873. The summed E-state index contributed by atoms with van der Waals surface area (Å²) in [7, 11) is 0. The second-order valence-corrected chi connectivity index (χ2v) is 6.91. The predicted octanol–water partition coefficient (Wildman–Crippen LogP) is 3.96. The summed E-state index contributed by atoms with van der Waals surface area (Å²) in [5, 5.41) is 5.75. The number of carbonyl (C=O) groups is 1. The molecule has 0 spiro atoms. The Hall–Kier alpha value is -2.80. The van der Waals surface area contributed by atoms with E-state index in [0.717, 1.165) is 41.8 Å². The summed E-state index contributed by atoms with van der Waals surface area (Å²) in [6.45, 7) is 5.05. The van der Waals surface area contributed by atoms with E-state index in [1.165, 1.54) is 6.07 Å². The number of guanidine groups is 1. The lowest BCUT2D eigenvalue weighted by molar-refractivity contribution is 0.0975. The van der Waals surface area contributed by atoms with Crippen LogP contribution in [0.3, 0.4) is 0 Å². The van der Waals surface area contributed by atoms with Crippen LogP contribution in [0.4, 0.5) is 14.5 Å². The molecule has 28 heavy (non-hydrogen) atoms. The number of hydrogen-bond acceptors (Lipinski definition) is 3. The monoisotopic (exact) mass is 387 g/mol. The molecule has 1 atom stereocenters. The standard InChI is InChI=1S/C21H23F2N3O2/c1-13-8-14(2)10-16(9-13)25-21(24-12-17-4-3-7-28-17)26-20(27)15-5-6-18(22)19(23)11-15/h5-6,8-11,17H,3-4,7,12H2,1-2H3,(H2,24,25,26,27)/t17-/m0/s1. The highest BCUT2D eigenvalue weighted by Crippen LogP contribution is 2.15. The van der Waals surface area contributed by atoms with Gasteiger partial charge in [0, 0.05) is 17.9 Å². The molecule has 1 heterocycles. The highest BCUT2D eigenvalue weighted by molar-refractivity contribution is 6.10. The fourth-order valence-electron chi connectivity index (χ4n) is 3.09. The smallest absolute Gasteiger partial charge is 0.258 e. The van der Waals surface area contributed by atoms with Crippen LogP contribution in [-0.4, -0.2) is 31.1 Å². The third-order valence-electron chi connectivity index (χ3n) is 4.38. The maximum atomic E-state index is 13.4. The van der Waals surface area contributed by atoms with E-state index in [4.69, 9.17) is 4.74 Å². The first-order chi connectivity index (χ1) is 13.4. The van der Waals surface area contributed by atoms with Gasteiger partial charge in [0.15, 0.2) is 11.6 Å². The minimum absolute atomic E-state index is 0.00550. The van der Waals surface area contributed by atoms with Crippen molar-refractivity contribution in [3.05, 3.63) is 64.7 Å². The molecule has 0 saturated carbocycles. The number of hydrogen-bond donors (Lipinski definition) is 2. The Morgan fingerprint density at radius 3 is 2.54 bits per heavy atom. The third-order valence-corrected chi connectivity index (χ3v) is 4.38. The number of halogens is 2. The second-order valence-electron chi connectivity index (χ2n) is 6.91. The zero-order valence-corrected chi connectivity index (χ0v) is 15.9. The van der Waals surface area contributed by atoms with Gasteiger partial charge >= 0.3 is 0 Å². The first kappa shape index (κ1) is 19.9. The average Bonchev–Trinajstić information content (AvgIpc) is 3.14. The molecule has 1 aliphatic rings. The molecule has 1 amide bonds. The lowest BCUT2D eigenvalue weighted by atomic mass is 10.1. The van der Waals surface area contributed by atoms with Crippen LogP contribution in [0.1, 0.15) is 34.3 Å². The molecular weight excluding hydrogens is 364 g/mol. The molecule has 1 aliphatic heterocycles. The van der Waals surface area contributed by atoms with Crippen LogP contribution in [0.2, 0.25) is 0 Å². The number of aryl methyl sites for hydroxylation is 2. The van der Waals surface area contributed by atoms with E-state index >= 15 is 0 Å². The van der Waals surface area contributed by atoms with Crippen LogP contribution in [-0.2, 0) is 4.74 Å². The van der Waals surface area contributed by atoms with Crippen molar-refractivity contribution in [3.8, 4) is 0 Å². The Kier molecular flexibility index (Phi) is 6.36. The molecule has 2 aromatic carbocycles. The van der Waals surface area contributed by atoms with Crippen LogP contribution in [0.25, 0.3) is 0 Å². The number of rotatable bonds is 4. The molecule has 0 aromatic heterocycles. The Balaban J connectivity index is 1.79. The minimum atomic E-state index is -1.08. The van der Waals surface area contributed by atoms with Crippen molar-refractivity contribution in [2.75, 3.05) is 18.5 Å². The summed E-state index contributed by atoms with van der Waals surface area (Å²) in [6, 6.07) is 8.90. The Morgan fingerprint density at radius 2 is 1.89 bits per heavy atom. The Morgan fingerprint density at radius 1 is 1.14 bits per heavy atom. The van der Waals surface area contributed by atoms with Gasteiger partial charge in [0.05, 0.1) is 12.6 Å². The largest absolute Gasteiger partial charge is 0.376 e. The number of aliphatic imine (C=N–C) groups is 1. The van der Waals surface area contributed by atoms with Crippen LogP contribution in [0, 0.1) is 25.5 Å². The highest BCUT2D eigenvalue weighted by Gasteiger charge is 2.17. The predicted molar refractivity (Wildman–Crippen MR) is 105 cm³/mol. The summed E-state index contributed by atoms with van der Waals surface area (Å²) < 4.78 is 32.1. The number of ether oxygens (including phenoxy) is 1. The number of nitrogens with one attached hydrogen (secondary N) is 2. The fraction of sp³-hybridized carbons (Fsp3) is 0.333. The highest BCUT2D eigenvalue weighted by atomic mass is 19.2. The number of carbonyl (C=O) groups excluding carboxylic acids is 1. The molecule has 0 bridgehead atoms. The molecule has 1 fully saturated rings. The zero-order valence-electron chi connectivity index (χ0n) is 15.9. The topological polar surface area (TPSA) is 62.7 Å². The second kappa shape index (κ2) is 8.93. The van der Waals surface area contributed by atoms with Crippen molar-refractivity contribution < 1.29 is 18.3 Å². The van der Waals surface area contributed by atoms with Crippen molar-refractivity contribution in [3.63, 3.8) is 0 Å². The minimum Gasteiger partial charge on any atom is -0.376 e. The summed E-state index contributed by atoms with van der Waals surface area (Å²) in [6.07, 6.45) is 1.91. The van der Waals surface area contributed by atoms with E-state index in [1.54, 1.807) is 0 Å². The van der Waals surface area contributed by atoms with Gasteiger partial charge in [-0.3, -0.25) is 10.1 Å². The molecule has 2 N–H and O–H groups in total. The van der Waals surface area contributed by atoms with Gasteiger partial charge in [-0.05, 0) is 68.1 Å². The molecule has 1 saturated heterocycles. The van der Waals surface area contributed by atoms with Gasteiger partial charge in [-0.1, -0.05) is 6.07 Å². The van der Waals surface area contributed by atoms with E-state index < -0.39 is 17.5 Å². The SMILES string of the molecule is Cc1cc(C)cc(NC(=NC[C@@H]2CCCO2)NC(=O)c2ccc(F)c(F)c2)c1. The van der Waals surface area contributed by atoms with Crippen LogP contribution in [0.15, 0.2) is 41.4 Å². The molecule has 0 radical (unpaired) electrons. The van der Waals surface area contributed by atoms with Gasteiger partial charge in [0.2, 0.25) is 5.96 Å². The molecule has 148 valence electrons. The van der Waals surface area contributed by atoms with Crippen molar-refractivity contribution in [1.29, 1.82) is 0 Å². The van der Waals surface area contributed by atoms with E-state index in [9.17, 15) is 13.6 Å². The summed E-state index contributed by atoms with van der Waals surface area (Å²) in [5.74, 6) is -2.43. The van der Waals surface area contributed by atoms with Gasteiger partial charge in [-0.15, -0.1) is 0 Å². The fourth-order valence-corrected chi connectivity index (χ4v) is 3.09. The molecule has 7 heteroatoms. The average molecular weight is 387 g/mol. The van der Waals surface area contributed by atoms with Crippen LogP contribution < -0.4 is 10.6 Å². The van der Waals surface area contributed by atoms with Crippen molar-refractivity contribution >= 4 is 17.6 Å². The molecule has 2 aromatic rings. The number of amides is 1. The van der Waals surface area contributed by atoms with Crippen molar-refractivity contribution in [2.45, 2.75) is 32.8 Å². The summed E-state index contributed by atoms with van der Waals surface area (Å²) >= 11 is 0. The maximum absolute atomic E-state index is 13.4. The third kappa shape index (κ3) is 5.36. The van der Waals surface area contributed by atoms with E-state index in [-0.39, 0.29) is 17.6 Å². The van der Waals surface area contributed by atoms with Crippen LogP contribution in [0.5, 0.6) is 0 Å². The first-order valence-corrected chi connectivity index (χ1v) is 9.18. The van der Waals surface area contributed by atoms with Gasteiger partial charge in [-0.2, -0.15) is 0 Å². The Labute approximate surface area is 162 Å². The molecule has 0 aliphatic carbocycles. The lowest BCUT2D eigenvalue weighted by Crippen LogP contribution is -2.37. The van der Waals surface area contributed by atoms with Gasteiger partial charge < -0.3 is 10.1 Å². The molecular formula is C21H23F2N3O2. The number of benzene rings is 2. The van der Waals surface area contributed by atoms with E-state index in [2.05, 4.69) is 15.6 Å². The van der Waals surface area contributed by atoms with Crippen LogP contribution >= 0.6 is 0 Å². The normalized spacial score (nSPS) is 16.9.